The van der Waals surface area contributed by atoms with Crippen LogP contribution >= 0.6 is 0 Å². The van der Waals surface area contributed by atoms with Crippen molar-refractivity contribution in [2.75, 3.05) is 5.32 Å². The van der Waals surface area contributed by atoms with Gasteiger partial charge >= 0.3 is 0 Å². The van der Waals surface area contributed by atoms with E-state index in [1.54, 1.807) is 30.7 Å². The lowest BCUT2D eigenvalue weighted by Crippen LogP contribution is -2.41. The first-order valence-corrected chi connectivity index (χ1v) is 10.2. The normalized spacial score (nSPS) is 11.2. The second kappa shape index (κ2) is 8.93. The molecule has 162 valence electrons. The molecule has 1 amide bonds. The van der Waals surface area contributed by atoms with Gasteiger partial charge in [-0.15, -0.1) is 10.2 Å². The molecule has 0 unspecified atom stereocenters. The van der Waals surface area contributed by atoms with Gasteiger partial charge in [-0.2, -0.15) is 0 Å². The smallest absolute Gasteiger partial charge is 0.252 e. The van der Waals surface area contributed by atoms with Gasteiger partial charge in [0.05, 0.1) is 12.1 Å². The topological polar surface area (TPSA) is 111 Å². The molecule has 0 saturated heterocycles. The summed E-state index contributed by atoms with van der Waals surface area (Å²) in [5.74, 6) is 1.25. The van der Waals surface area contributed by atoms with Crippen molar-refractivity contribution in [2.24, 2.45) is 7.05 Å². The minimum atomic E-state index is -0.528. The number of carbonyl (C=O) groups excluding carboxylic acids is 1. The van der Waals surface area contributed by atoms with Crippen molar-refractivity contribution in [1.29, 1.82) is 0 Å². The van der Waals surface area contributed by atoms with Crippen LogP contribution in [0.1, 0.15) is 35.6 Å². The summed E-state index contributed by atoms with van der Waals surface area (Å²) in [6.45, 7) is 4.37. The fourth-order valence-corrected chi connectivity index (χ4v) is 3.31. The van der Waals surface area contributed by atoms with Crippen LogP contribution < -0.4 is 10.6 Å². The summed E-state index contributed by atoms with van der Waals surface area (Å²) in [4.78, 5) is 25.1. The standard InChI is InChI=1S/C23H24N8O/c1-23(2,17-7-10-24-11-8-17)28-22(32)16-5-4-6-18(13-16)26-14-20-29-30-21(31(20)3)19-9-12-25-15-27-19/h4-13,15,26H,14H2,1-3H3,(H,28,32). The Morgan fingerprint density at radius 1 is 1.03 bits per heavy atom. The summed E-state index contributed by atoms with van der Waals surface area (Å²) in [5, 5.41) is 14.9. The Morgan fingerprint density at radius 2 is 1.81 bits per heavy atom. The Morgan fingerprint density at radius 3 is 2.56 bits per heavy atom. The molecule has 0 bridgehead atoms. The van der Waals surface area contributed by atoms with Gasteiger partial charge in [-0.05, 0) is 55.8 Å². The van der Waals surface area contributed by atoms with Gasteiger partial charge in [0, 0.05) is 36.9 Å². The Kier molecular flexibility index (Phi) is 5.89. The lowest BCUT2D eigenvalue weighted by Gasteiger charge is -2.27. The van der Waals surface area contributed by atoms with E-state index in [9.17, 15) is 4.79 Å². The summed E-state index contributed by atoms with van der Waals surface area (Å²) in [7, 11) is 1.89. The first-order valence-electron chi connectivity index (χ1n) is 10.2. The van der Waals surface area contributed by atoms with Gasteiger partial charge in [-0.1, -0.05) is 6.07 Å². The largest absolute Gasteiger partial charge is 0.378 e. The third-order valence-electron chi connectivity index (χ3n) is 5.18. The molecule has 0 radical (unpaired) electrons. The van der Waals surface area contributed by atoms with Crippen molar-refractivity contribution in [3.8, 4) is 11.5 Å². The lowest BCUT2D eigenvalue weighted by molar-refractivity contribution is 0.0912. The highest BCUT2D eigenvalue weighted by Crippen LogP contribution is 2.21. The van der Waals surface area contributed by atoms with Crippen molar-refractivity contribution in [1.82, 2.24) is 35.0 Å². The molecule has 3 heterocycles. The predicted octanol–water partition coefficient (Wildman–Crippen LogP) is 2.94. The van der Waals surface area contributed by atoms with Crippen LogP contribution in [0.3, 0.4) is 0 Å². The van der Waals surface area contributed by atoms with Crippen LogP contribution in [0.15, 0.2) is 67.4 Å². The number of benzene rings is 1. The molecule has 4 rings (SSSR count). The molecule has 1 aromatic carbocycles. The average molecular weight is 429 g/mol. The molecule has 9 nitrogen and oxygen atoms in total. The molecule has 0 atom stereocenters. The number of nitrogens with one attached hydrogen (secondary N) is 2. The van der Waals surface area contributed by atoms with E-state index in [2.05, 4.69) is 35.8 Å². The number of hydrogen-bond donors (Lipinski definition) is 2. The van der Waals surface area contributed by atoms with Crippen LogP contribution in [0.5, 0.6) is 0 Å². The number of pyridine rings is 1. The van der Waals surface area contributed by atoms with Crippen LogP contribution in [0.4, 0.5) is 5.69 Å². The zero-order chi connectivity index (χ0) is 22.6. The lowest BCUT2D eigenvalue weighted by atomic mass is 9.95. The van der Waals surface area contributed by atoms with Crippen LogP contribution in [0.2, 0.25) is 0 Å². The van der Waals surface area contributed by atoms with Crippen LogP contribution in [0.25, 0.3) is 11.5 Å². The number of amides is 1. The summed E-state index contributed by atoms with van der Waals surface area (Å²) < 4.78 is 1.88. The Hall–Kier alpha value is -4.14. The number of aromatic nitrogens is 6. The molecule has 0 saturated carbocycles. The molecule has 4 aromatic rings. The van der Waals surface area contributed by atoms with E-state index in [1.807, 2.05) is 55.8 Å². The van der Waals surface area contributed by atoms with E-state index >= 15 is 0 Å². The second-order valence-electron chi connectivity index (χ2n) is 7.84. The second-order valence-corrected chi connectivity index (χ2v) is 7.84. The fraction of sp³-hybridized carbons (Fsp3) is 0.217. The average Bonchev–Trinajstić information content (AvgIpc) is 3.19. The highest BCUT2D eigenvalue weighted by molar-refractivity contribution is 5.95. The van der Waals surface area contributed by atoms with Gasteiger partial charge in [0.15, 0.2) is 11.6 Å². The maximum atomic E-state index is 12.9. The van der Waals surface area contributed by atoms with Gasteiger partial charge in [0.2, 0.25) is 0 Å². The zero-order valence-electron chi connectivity index (χ0n) is 18.1. The molecule has 2 N–H and O–H groups in total. The molecular weight excluding hydrogens is 404 g/mol. The van der Waals surface area contributed by atoms with Gasteiger partial charge in [0.25, 0.3) is 5.91 Å². The minimum absolute atomic E-state index is 0.153. The van der Waals surface area contributed by atoms with Crippen LogP contribution in [-0.4, -0.2) is 35.6 Å². The molecule has 0 fully saturated rings. The monoisotopic (exact) mass is 428 g/mol. The molecule has 0 aliphatic rings. The molecule has 9 heteroatoms. The van der Waals surface area contributed by atoms with Crippen molar-refractivity contribution >= 4 is 11.6 Å². The van der Waals surface area contributed by atoms with Crippen LogP contribution in [-0.2, 0) is 19.1 Å². The Balaban J connectivity index is 1.44. The fourth-order valence-electron chi connectivity index (χ4n) is 3.31. The van der Waals surface area contributed by atoms with E-state index in [-0.39, 0.29) is 5.91 Å². The van der Waals surface area contributed by atoms with E-state index in [0.29, 0.717) is 23.6 Å². The SMILES string of the molecule is Cn1c(CNc2cccc(C(=O)NC(C)(C)c3ccncc3)c2)nnc1-c1ccncn1. The highest BCUT2D eigenvalue weighted by atomic mass is 16.1. The molecular formula is C23H24N8O. The number of rotatable bonds is 7. The van der Waals surface area contributed by atoms with E-state index < -0.39 is 5.54 Å². The number of hydrogen-bond acceptors (Lipinski definition) is 7. The van der Waals surface area contributed by atoms with Crippen LogP contribution in [0, 0.1) is 0 Å². The Labute approximate surface area is 186 Å². The number of nitrogens with zero attached hydrogens (tertiary/aromatic N) is 6. The van der Waals surface area contributed by atoms with Gasteiger partial charge in [0.1, 0.15) is 12.0 Å². The molecule has 3 aromatic heterocycles. The highest BCUT2D eigenvalue weighted by Gasteiger charge is 2.23. The quantitative estimate of drug-likeness (QED) is 0.466. The van der Waals surface area contributed by atoms with Crippen molar-refractivity contribution in [2.45, 2.75) is 25.9 Å². The van der Waals surface area contributed by atoms with E-state index in [0.717, 1.165) is 17.1 Å². The van der Waals surface area contributed by atoms with Gasteiger partial charge in [-0.3, -0.25) is 9.78 Å². The molecule has 0 aliphatic heterocycles. The van der Waals surface area contributed by atoms with Gasteiger partial charge < -0.3 is 15.2 Å². The van der Waals surface area contributed by atoms with Crippen molar-refractivity contribution < 1.29 is 4.79 Å². The van der Waals surface area contributed by atoms with Crippen molar-refractivity contribution in [3.63, 3.8) is 0 Å². The predicted molar refractivity (Wildman–Crippen MR) is 121 cm³/mol. The number of carbonyl (C=O) groups is 1. The first-order chi connectivity index (χ1) is 15.4. The summed E-state index contributed by atoms with van der Waals surface area (Å²) >= 11 is 0. The minimum Gasteiger partial charge on any atom is -0.378 e. The Bertz CT molecular complexity index is 1210. The maximum Gasteiger partial charge on any atom is 0.252 e. The van der Waals surface area contributed by atoms with E-state index in [1.165, 1.54) is 6.33 Å². The van der Waals surface area contributed by atoms with Crippen molar-refractivity contribution in [3.05, 3.63) is 84.3 Å². The van der Waals surface area contributed by atoms with Gasteiger partial charge in [-0.25, -0.2) is 9.97 Å². The third-order valence-corrected chi connectivity index (χ3v) is 5.18. The first kappa shape index (κ1) is 21.1. The summed E-state index contributed by atoms with van der Waals surface area (Å²) in [5.41, 5.74) is 2.54. The maximum absolute atomic E-state index is 12.9. The summed E-state index contributed by atoms with van der Waals surface area (Å²) in [6, 6.07) is 12.9. The molecule has 0 spiro atoms. The number of anilines is 1. The van der Waals surface area contributed by atoms with E-state index in [4.69, 9.17) is 0 Å². The summed E-state index contributed by atoms with van der Waals surface area (Å²) in [6.07, 6.45) is 6.59. The molecule has 0 aliphatic carbocycles. The molecule has 32 heavy (non-hydrogen) atoms. The zero-order valence-corrected chi connectivity index (χ0v) is 18.1. The third kappa shape index (κ3) is 4.61.